The molecule has 0 fully saturated rings. The number of phenols is 1. The molecule has 140 valence electrons. The summed E-state index contributed by atoms with van der Waals surface area (Å²) in [5.41, 5.74) is 3.40. The highest BCUT2D eigenvalue weighted by Gasteiger charge is 2.26. The fourth-order valence-corrected chi connectivity index (χ4v) is 2.82. The number of benzene rings is 2. The number of nitrogens with one attached hydrogen (secondary N) is 1. The Hall–Kier alpha value is -2.56. The minimum absolute atomic E-state index is 0.0865. The van der Waals surface area contributed by atoms with Gasteiger partial charge in [0.15, 0.2) is 0 Å². The minimum atomic E-state index is -0.400. The maximum atomic E-state index is 10.8. The van der Waals surface area contributed by atoms with Crippen LogP contribution >= 0.6 is 0 Å². The van der Waals surface area contributed by atoms with E-state index in [0.717, 1.165) is 22.4 Å². The number of aromatic hydroxyl groups is 1. The Morgan fingerprint density at radius 1 is 0.962 bits per heavy atom. The zero-order valence-corrected chi connectivity index (χ0v) is 16.4. The number of nitrogens with zero attached hydrogens (tertiary/aromatic N) is 1. The van der Waals surface area contributed by atoms with Crippen LogP contribution in [0.5, 0.6) is 5.75 Å². The Kier molecular flexibility index (Phi) is 5.31. The van der Waals surface area contributed by atoms with Crippen LogP contribution in [0.1, 0.15) is 58.2 Å². The molecule has 0 saturated heterocycles. The monoisotopic (exact) mass is 356 g/mol. The van der Waals surface area contributed by atoms with Gasteiger partial charge in [0, 0.05) is 35.5 Å². The lowest BCUT2D eigenvalue weighted by Crippen LogP contribution is -2.18. The lowest BCUT2D eigenvalue weighted by Gasteiger charge is -2.28. The maximum Gasteiger partial charge on any atom is 0.269 e. The molecule has 0 aliphatic heterocycles. The number of rotatable bonds is 4. The minimum Gasteiger partial charge on any atom is -0.507 e. The van der Waals surface area contributed by atoms with E-state index in [1.165, 1.54) is 12.1 Å². The van der Waals surface area contributed by atoms with Crippen molar-refractivity contribution < 1.29 is 10.0 Å². The van der Waals surface area contributed by atoms with Crippen molar-refractivity contribution in [1.82, 2.24) is 0 Å². The van der Waals surface area contributed by atoms with Crippen molar-refractivity contribution in [1.29, 1.82) is 0 Å². The van der Waals surface area contributed by atoms with Gasteiger partial charge < -0.3 is 10.4 Å². The van der Waals surface area contributed by atoms with Gasteiger partial charge in [-0.25, -0.2) is 0 Å². The average Bonchev–Trinajstić information content (AvgIpc) is 2.52. The summed E-state index contributed by atoms with van der Waals surface area (Å²) >= 11 is 0. The third-order valence-corrected chi connectivity index (χ3v) is 4.37. The summed E-state index contributed by atoms with van der Waals surface area (Å²) in [5.74, 6) is 0.353. The molecule has 26 heavy (non-hydrogen) atoms. The second kappa shape index (κ2) is 6.98. The van der Waals surface area contributed by atoms with Crippen molar-refractivity contribution in [2.45, 2.75) is 58.9 Å². The van der Waals surface area contributed by atoms with E-state index in [4.69, 9.17) is 0 Å². The molecular formula is C21H28N2O3. The Morgan fingerprint density at radius 2 is 1.42 bits per heavy atom. The molecular weight excluding hydrogens is 328 g/mol. The number of nitro groups is 1. The first-order chi connectivity index (χ1) is 11.9. The van der Waals surface area contributed by atoms with Crippen LogP contribution in [0, 0.1) is 10.1 Å². The summed E-state index contributed by atoms with van der Waals surface area (Å²) in [6.07, 6.45) is 0. The van der Waals surface area contributed by atoms with Crippen molar-refractivity contribution in [3.63, 3.8) is 0 Å². The molecule has 5 nitrogen and oxygen atoms in total. The molecule has 0 aliphatic carbocycles. The van der Waals surface area contributed by atoms with Crippen LogP contribution in [-0.4, -0.2) is 10.0 Å². The second-order valence-electron chi connectivity index (χ2n) is 8.70. The smallest absolute Gasteiger partial charge is 0.269 e. The van der Waals surface area contributed by atoms with Gasteiger partial charge >= 0.3 is 0 Å². The third kappa shape index (κ3) is 4.54. The average molecular weight is 356 g/mol. The lowest BCUT2D eigenvalue weighted by atomic mass is 9.79. The third-order valence-electron chi connectivity index (χ3n) is 4.37. The molecule has 0 saturated carbocycles. The van der Waals surface area contributed by atoms with Gasteiger partial charge in [0.2, 0.25) is 0 Å². The van der Waals surface area contributed by atoms with Gasteiger partial charge in [0.05, 0.1) is 4.92 Å². The topological polar surface area (TPSA) is 75.4 Å². The predicted octanol–water partition coefficient (Wildman–Crippen LogP) is 5.51. The largest absolute Gasteiger partial charge is 0.507 e. The molecule has 0 amide bonds. The van der Waals surface area contributed by atoms with Crippen LogP contribution < -0.4 is 5.32 Å². The highest BCUT2D eigenvalue weighted by molar-refractivity contribution is 5.59. The van der Waals surface area contributed by atoms with Crippen molar-refractivity contribution in [2.24, 2.45) is 0 Å². The highest BCUT2D eigenvalue weighted by atomic mass is 16.6. The summed E-state index contributed by atoms with van der Waals surface area (Å²) in [6, 6.07) is 10.5. The zero-order chi connectivity index (χ0) is 19.7. The normalized spacial score (nSPS) is 12.1. The molecule has 0 spiro atoms. The standard InChI is InChI=1S/C21H28N2O3/c1-20(2,3)17-11-15(12-18(19(17)24)21(4,5)6)22-13-14-7-9-16(10-8-14)23(25)26/h7-12,22,24H,13H2,1-6H3. The summed E-state index contributed by atoms with van der Waals surface area (Å²) in [5, 5.41) is 24.9. The summed E-state index contributed by atoms with van der Waals surface area (Å²) in [6.45, 7) is 13.0. The molecule has 0 aromatic heterocycles. The van der Waals surface area contributed by atoms with Crippen molar-refractivity contribution in [2.75, 3.05) is 5.32 Å². The van der Waals surface area contributed by atoms with Gasteiger partial charge in [0.1, 0.15) is 5.75 Å². The maximum absolute atomic E-state index is 10.8. The number of nitro benzene ring substituents is 1. The van der Waals surface area contributed by atoms with Gasteiger partial charge in [-0.05, 0) is 28.5 Å². The molecule has 2 aromatic carbocycles. The van der Waals surface area contributed by atoms with E-state index in [1.54, 1.807) is 12.1 Å². The number of phenolic OH excluding ortho intramolecular Hbond substituents is 1. The fourth-order valence-electron chi connectivity index (χ4n) is 2.82. The first-order valence-electron chi connectivity index (χ1n) is 8.75. The van der Waals surface area contributed by atoms with Crippen molar-refractivity contribution >= 4 is 11.4 Å². The molecule has 2 aromatic rings. The lowest BCUT2D eigenvalue weighted by molar-refractivity contribution is -0.384. The van der Waals surface area contributed by atoms with Crippen molar-refractivity contribution in [3.8, 4) is 5.75 Å². The number of hydrogen-bond donors (Lipinski definition) is 2. The van der Waals surface area contributed by atoms with Crippen LogP contribution in [0.2, 0.25) is 0 Å². The van der Waals surface area contributed by atoms with Gasteiger partial charge in [-0.2, -0.15) is 0 Å². The van der Waals surface area contributed by atoms with Gasteiger partial charge in [-0.15, -0.1) is 0 Å². The van der Waals surface area contributed by atoms with Gasteiger partial charge in [-0.3, -0.25) is 10.1 Å². The molecule has 0 bridgehead atoms. The Labute approximate surface area is 155 Å². The quantitative estimate of drug-likeness (QED) is 0.430. The van der Waals surface area contributed by atoms with E-state index < -0.39 is 4.92 Å². The Bertz CT molecular complexity index is 762. The Balaban J connectivity index is 2.32. The Morgan fingerprint density at radius 3 is 1.81 bits per heavy atom. The zero-order valence-electron chi connectivity index (χ0n) is 16.4. The van der Waals surface area contributed by atoms with Crippen LogP contribution in [0.4, 0.5) is 11.4 Å². The van der Waals surface area contributed by atoms with E-state index in [1.807, 2.05) is 12.1 Å². The van der Waals surface area contributed by atoms with Gasteiger partial charge in [0.25, 0.3) is 5.69 Å². The van der Waals surface area contributed by atoms with Crippen LogP contribution in [0.25, 0.3) is 0 Å². The second-order valence-corrected chi connectivity index (χ2v) is 8.70. The molecule has 0 heterocycles. The molecule has 0 aliphatic rings. The van der Waals surface area contributed by atoms with Crippen molar-refractivity contribution in [3.05, 3.63) is 63.2 Å². The number of non-ortho nitro benzene ring substituents is 1. The molecule has 5 heteroatoms. The van der Waals surface area contributed by atoms with Crippen LogP contribution in [-0.2, 0) is 17.4 Å². The van der Waals surface area contributed by atoms with E-state index in [0.29, 0.717) is 12.3 Å². The molecule has 0 atom stereocenters. The van der Waals surface area contributed by atoms with Gasteiger partial charge in [-0.1, -0.05) is 53.7 Å². The van der Waals surface area contributed by atoms with E-state index in [-0.39, 0.29) is 16.5 Å². The van der Waals surface area contributed by atoms with E-state index in [2.05, 4.69) is 46.9 Å². The summed E-state index contributed by atoms with van der Waals surface area (Å²) in [4.78, 5) is 10.4. The highest BCUT2D eigenvalue weighted by Crippen LogP contribution is 2.41. The van der Waals surface area contributed by atoms with E-state index >= 15 is 0 Å². The SMILES string of the molecule is CC(C)(C)c1cc(NCc2ccc([N+](=O)[O-])cc2)cc(C(C)(C)C)c1O. The predicted molar refractivity (Wildman–Crippen MR) is 106 cm³/mol. The number of anilines is 1. The molecule has 2 N–H and O–H groups in total. The molecule has 0 unspecified atom stereocenters. The number of hydrogen-bond acceptors (Lipinski definition) is 4. The van der Waals surface area contributed by atoms with Crippen LogP contribution in [0.3, 0.4) is 0 Å². The summed E-state index contributed by atoms with van der Waals surface area (Å²) < 4.78 is 0. The summed E-state index contributed by atoms with van der Waals surface area (Å²) in [7, 11) is 0. The first kappa shape index (κ1) is 19.8. The fraction of sp³-hybridized carbons (Fsp3) is 0.429. The molecule has 0 radical (unpaired) electrons. The van der Waals surface area contributed by atoms with Crippen LogP contribution in [0.15, 0.2) is 36.4 Å². The first-order valence-corrected chi connectivity index (χ1v) is 8.75. The van der Waals surface area contributed by atoms with E-state index in [9.17, 15) is 15.2 Å². The molecule has 2 rings (SSSR count).